The Balaban J connectivity index is 1.33. The van der Waals surface area contributed by atoms with Crippen LogP contribution in [0.4, 0.5) is 11.5 Å². The molecule has 202 valence electrons. The van der Waals surface area contributed by atoms with Crippen molar-refractivity contribution in [1.82, 2.24) is 15.3 Å². The number of benzene rings is 1. The van der Waals surface area contributed by atoms with Gasteiger partial charge in [-0.25, -0.2) is 9.97 Å². The standard InChI is InChI=1S/C32H38N6O/c1-32(2,39)25-7-5-6-22(16-25)23-12-14-34-31(17-23)38-29-13-15-37(27-11-10-26(18-33)35-20-27)21-24(29)19-36-28-8-3-4-9-30(28)38/h5-7,10-12,14,16-17,20,24,28-30,36,39H,3-4,8-9,13,15,19,21H2,1-2H3. The van der Waals surface area contributed by atoms with Crippen molar-refractivity contribution in [1.29, 1.82) is 5.26 Å². The second kappa shape index (κ2) is 10.6. The minimum Gasteiger partial charge on any atom is -0.386 e. The molecule has 4 heterocycles. The number of nitriles is 1. The lowest BCUT2D eigenvalue weighted by Crippen LogP contribution is -2.56. The van der Waals surface area contributed by atoms with E-state index in [-0.39, 0.29) is 0 Å². The lowest BCUT2D eigenvalue weighted by Gasteiger charge is -2.47. The third-order valence-electron chi connectivity index (χ3n) is 8.92. The molecule has 3 fully saturated rings. The molecule has 0 spiro atoms. The molecular weight excluding hydrogens is 484 g/mol. The molecule has 3 aromatic rings. The maximum Gasteiger partial charge on any atom is 0.140 e. The molecule has 4 unspecified atom stereocenters. The van der Waals surface area contributed by atoms with Crippen molar-refractivity contribution in [2.45, 2.75) is 69.7 Å². The lowest BCUT2D eigenvalue weighted by molar-refractivity contribution is 0.0786. The highest BCUT2D eigenvalue weighted by atomic mass is 16.3. The van der Waals surface area contributed by atoms with Crippen LogP contribution in [0.2, 0.25) is 0 Å². The Morgan fingerprint density at radius 2 is 1.85 bits per heavy atom. The first kappa shape index (κ1) is 25.8. The largest absolute Gasteiger partial charge is 0.386 e. The predicted molar refractivity (Wildman–Crippen MR) is 155 cm³/mol. The Morgan fingerprint density at radius 1 is 1.00 bits per heavy atom. The van der Waals surface area contributed by atoms with Gasteiger partial charge >= 0.3 is 0 Å². The normalized spacial score (nSPS) is 25.3. The third kappa shape index (κ3) is 5.24. The summed E-state index contributed by atoms with van der Waals surface area (Å²) in [5, 5.41) is 23.7. The van der Waals surface area contributed by atoms with Gasteiger partial charge in [0.05, 0.1) is 17.5 Å². The number of nitrogens with one attached hydrogen (secondary N) is 1. The number of fused-ring (bicyclic) bond motifs is 2. The molecule has 0 amide bonds. The van der Waals surface area contributed by atoms with E-state index >= 15 is 0 Å². The summed E-state index contributed by atoms with van der Waals surface area (Å²) < 4.78 is 0. The van der Waals surface area contributed by atoms with Gasteiger partial charge in [-0.2, -0.15) is 5.26 Å². The first-order valence-corrected chi connectivity index (χ1v) is 14.3. The van der Waals surface area contributed by atoms with E-state index in [2.05, 4.69) is 50.4 Å². The Morgan fingerprint density at radius 3 is 2.64 bits per heavy atom. The number of hydrogen-bond acceptors (Lipinski definition) is 7. The minimum atomic E-state index is -0.886. The average molecular weight is 523 g/mol. The Hall–Kier alpha value is -3.47. The van der Waals surface area contributed by atoms with Crippen LogP contribution in [0.3, 0.4) is 0 Å². The van der Waals surface area contributed by atoms with E-state index in [9.17, 15) is 5.11 Å². The van der Waals surface area contributed by atoms with Gasteiger partial charge in [0, 0.05) is 49.9 Å². The second-order valence-electron chi connectivity index (χ2n) is 11.9. The van der Waals surface area contributed by atoms with Crippen molar-refractivity contribution in [3.05, 3.63) is 72.2 Å². The Kier molecular flexibility index (Phi) is 7.01. The SMILES string of the molecule is CC(C)(O)c1cccc(-c2ccnc(N3C4CCN(c5ccc(C#N)nc5)CC4CNC4CCCCC43)c2)c1. The molecule has 7 nitrogen and oxygen atoms in total. The maximum absolute atomic E-state index is 10.6. The van der Waals surface area contributed by atoms with Gasteiger partial charge in [-0.05, 0) is 80.1 Å². The van der Waals surface area contributed by atoms with E-state index in [0.29, 0.717) is 29.7 Å². The zero-order valence-corrected chi connectivity index (χ0v) is 22.9. The number of hydrogen-bond donors (Lipinski definition) is 2. The van der Waals surface area contributed by atoms with Crippen LogP contribution in [0.15, 0.2) is 60.9 Å². The fourth-order valence-electron chi connectivity index (χ4n) is 6.85. The van der Waals surface area contributed by atoms with Crippen molar-refractivity contribution >= 4 is 11.5 Å². The van der Waals surface area contributed by atoms with Crippen molar-refractivity contribution < 1.29 is 5.11 Å². The molecule has 7 heteroatoms. The van der Waals surface area contributed by atoms with Crippen LogP contribution in [-0.4, -0.2) is 52.8 Å². The van der Waals surface area contributed by atoms with Gasteiger partial charge < -0.3 is 20.2 Å². The average Bonchev–Trinajstić information content (AvgIpc) is 3.13. The zero-order chi connectivity index (χ0) is 27.0. The van der Waals surface area contributed by atoms with E-state index in [4.69, 9.17) is 10.2 Å². The van der Waals surface area contributed by atoms with Gasteiger partial charge in [0.1, 0.15) is 17.6 Å². The molecule has 39 heavy (non-hydrogen) atoms. The van der Waals surface area contributed by atoms with Crippen molar-refractivity contribution in [3.8, 4) is 17.2 Å². The summed E-state index contributed by atoms with van der Waals surface area (Å²) in [5.74, 6) is 1.51. The van der Waals surface area contributed by atoms with Crippen LogP contribution in [0, 0.1) is 17.2 Å². The number of nitrogens with zero attached hydrogens (tertiary/aromatic N) is 5. The van der Waals surface area contributed by atoms with Crippen LogP contribution in [0.1, 0.15) is 57.2 Å². The van der Waals surface area contributed by atoms with Crippen LogP contribution < -0.4 is 15.1 Å². The van der Waals surface area contributed by atoms with Crippen LogP contribution in [0.25, 0.3) is 11.1 Å². The molecule has 2 N–H and O–H groups in total. The zero-order valence-electron chi connectivity index (χ0n) is 22.9. The summed E-state index contributed by atoms with van der Waals surface area (Å²) in [7, 11) is 0. The fourth-order valence-corrected chi connectivity index (χ4v) is 6.85. The maximum atomic E-state index is 10.6. The molecule has 1 saturated carbocycles. The molecule has 0 radical (unpaired) electrons. The molecule has 2 aromatic heterocycles. The van der Waals surface area contributed by atoms with Crippen molar-refractivity contribution in [3.63, 3.8) is 0 Å². The second-order valence-corrected chi connectivity index (χ2v) is 11.9. The molecule has 2 saturated heterocycles. The highest BCUT2D eigenvalue weighted by Gasteiger charge is 2.43. The summed E-state index contributed by atoms with van der Waals surface area (Å²) in [6.07, 6.45) is 9.76. The van der Waals surface area contributed by atoms with Gasteiger partial charge in [0.2, 0.25) is 0 Å². The topological polar surface area (TPSA) is 88.3 Å². The van der Waals surface area contributed by atoms with E-state index in [0.717, 1.165) is 54.3 Å². The van der Waals surface area contributed by atoms with Gasteiger partial charge in [0.15, 0.2) is 0 Å². The molecule has 2 aliphatic heterocycles. The summed E-state index contributed by atoms with van der Waals surface area (Å²) in [6, 6.07) is 19.8. The van der Waals surface area contributed by atoms with Crippen molar-refractivity contribution in [2.24, 2.45) is 5.92 Å². The molecule has 3 aliphatic rings. The molecule has 0 bridgehead atoms. The summed E-state index contributed by atoms with van der Waals surface area (Å²) >= 11 is 0. The molecule has 1 aromatic carbocycles. The summed E-state index contributed by atoms with van der Waals surface area (Å²) in [5.41, 5.74) is 3.81. The molecule has 6 rings (SSSR count). The van der Waals surface area contributed by atoms with Gasteiger partial charge in [-0.3, -0.25) is 0 Å². The lowest BCUT2D eigenvalue weighted by atomic mass is 9.86. The summed E-state index contributed by atoms with van der Waals surface area (Å²) in [6.45, 7) is 6.57. The first-order valence-electron chi connectivity index (χ1n) is 14.3. The smallest absolute Gasteiger partial charge is 0.140 e. The summed E-state index contributed by atoms with van der Waals surface area (Å²) in [4.78, 5) is 14.4. The van der Waals surface area contributed by atoms with E-state index in [1.54, 1.807) is 0 Å². The number of aliphatic hydroxyl groups is 1. The number of rotatable bonds is 4. The predicted octanol–water partition coefficient (Wildman–Crippen LogP) is 4.86. The van der Waals surface area contributed by atoms with Crippen LogP contribution in [-0.2, 0) is 5.60 Å². The van der Waals surface area contributed by atoms with Crippen molar-refractivity contribution in [2.75, 3.05) is 29.4 Å². The van der Waals surface area contributed by atoms with Gasteiger partial charge in [0.25, 0.3) is 0 Å². The highest BCUT2D eigenvalue weighted by molar-refractivity contribution is 5.68. The minimum absolute atomic E-state index is 0.402. The van der Waals surface area contributed by atoms with Crippen LogP contribution >= 0.6 is 0 Å². The van der Waals surface area contributed by atoms with Gasteiger partial charge in [-0.1, -0.05) is 31.0 Å². The van der Waals surface area contributed by atoms with Crippen LogP contribution in [0.5, 0.6) is 0 Å². The monoisotopic (exact) mass is 522 g/mol. The Labute approximate surface area is 231 Å². The Bertz CT molecular complexity index is 1340. The number of anilines is 2. The van der Waals surface area contributed by atoms with Gasteiger partial charge in [-0.15, -0.1) is 0 Å². The molecule has 4 atom stereocenters. The molecular formula is C32H38N6O. The number of piperidine rings is 1. The van der Waals surface area contributed by atoms with E-state index in [1.807, 2.05) is 50.5 Å². The fraction of sp³-hybridized carbons (Fsp3) is 0.469. The molecule has 1 aliphatic carbocycles. The van der Waals surface area contributed by atoms with E-state index in [1.165, 1.54) is 25.7 Å². The third-order valence-corrected chi connectivity index (χ3v) is 8.92. The first-order chi connectivity index (χ1) is 18.9. The quantitative estimate of drug-likeness (QED) is 0.506. The van der Waals surface area contributed by atoms with E-state index < -0.39 is 5.60 Å². The number of aromatic nitrogens is 2. The highest BCUT2D eigenvalue weighted by Crippen LogP contribution is 2.38. The number of pyridine rings is 2.